The molecule has 0 radical (unpaired) electrons. The van der Waals surface area contributed by atoms with Crippen LogP contribution in [0.3, 0.4) is 0 Å². The summed E-state index contributed by atoms with van der Waals surface area (Å²) >= 11 is 0. The molecule has 1 aromatic heterocycles. The number of rotatable bonds is 3. The molecule has 0 N–H and O–H groups in total. The number of hydrogen-bond donors (Lipinski definition) is 0. The van der Waals surface area contributed by atoms with Crippen molar-refractivity contribution in [1.29, 1.82) is 0 Å². The van der Waals surface area contributed by atoms with Crippen molar-refractivity contribution in [2.75, 3.05) is 7.11 Å². The van der Waals surface area contributed by atoms with E-state index in [1.807, 2.05) is 0 Å². The van der Waals surface area contributed by atoms with Crippen LogP contribution in [-0.4, -0.2) is 17.9 Å². The number of aryl methyl sites for hydroxylation is 2. The van der Waals surface area contributed by atoms with Crippen LogP contribution in [0.25, 0.3) is 0 Å². The quantitative estimate of drug-likeness (QED) is 0.795. The highest BCUT2D eigenvalue weighted by molar-refractivity contribution is 6.09. The molecule has 0 saturated heterocycles. The Morgan fingerprint density at radius 3 is 2.42 bits per heavy atom. The van der Waals surface area contributed by atoms with Gasteiger partial charge in [0.05, 0.1) is 12.7 Å². The Labute approximate surface area is 111 Å². The molecule has 0 fully saturated rings. The van der Waals surface area contributed by atoms with Crippen molar-refractivity contribution in [3.05, 3.63) is 58.7 Å². The number of ether oxygens (including phenoxy) is 1. The first kappa shape index (κ1) is 13.2. The minimum Gasteiger partial charge on any atom is -0.494 e. The SMILES string of the molecule is COc1cccc(C(=O)c2cc(C)nc(C)c2)c1F. The maximum absolute atomic E-state index is 14.0. The van der Waals surface area contributed by atoms with Crippen LogP contribution in [0.2, 0.25) is 0 Å². The molecule has 1 aromatic carbocycles. The van der Waals surface area contributed by atoms with Gasteiger partial charge in [0.2, 0.25) is 0 Å². The molecule has 0 aliphatic carbocycles. The van der Waals surface area contributed by atoms with E-state index in [1.165, 1.54) is 19.2 Å². The maximum atomic E-state index is 14.0. The minimum absolute atomic E-state index is 0.00403. The van der Waals surface area contributed by atoms with Gasteiger partial charge in [-0.1, -0.05) is 6.07 Å². The number of benzene rings is 1. The zero-order valence-electron chi connectivity index (χ0n) is 11.0. The average molecular weight is 259 g/mol. The molecular weight excluding hydrogens is 245 g/mol. The van der Waals surface area contributed by atoms with Gasteiger partial charge in [-0.05, 0) is 38.1 Å². The Bertz CT molecular complexity index is 618. The molecule has 98 valence electrons. The fourth-order valence-corrected chi connectivity index (χ4v) is 1.96. The van der Waals surface area contributed by atoms with Crippen molar-refractivity contribution in [3.8, 4) is 5.75 Å². The van der Waals surface area contributed by atoms with E-state index < -0.39 is 5.82 Å². The summed E-state index contributed by atoms with van der Waals surface area (Å²) < 4.78 is 18.9. The predicted octanol–water partition coefficient (Wildman–Crippen LogP) is 3.08. The van der Waals surface area contributed by atoms with Gasteiger partial charge in [0.15, 0.2) is 17.3 Å². The summed E-state index contributed by atoms with van der Waals surface area (Å²) in [5.74, 6) is -0.944. The molecule has 0 saturated carbocycles. The Morgan fingerprint density at radius 2 is 1.84 bits per heavy atom. The summed E-state index contributed by atoms with van der Waals surface area (Å²) in [7, 11) is 1.37. The first-order chi connectivity index (χ1) is 9.02. The fraction of sp³-hybridized carbons (Fsp3) is 0.200. The van der Waals surface area contributed by atoms with Gasteiger partial charge in [0, 0.05) is 17.0 Å². The van der Waals surface area contributed by atoms with E-state index in [-0.39, 0.29) is 17.1 Å². The van der Waals surface area contributed by atoms with Crippen LogP contribution in [0.15, 0.2) is 30.3 Å². The second-order valence-electron chi connectivity index (χ2n) is 4.29. The molecule has 1 heterocycles. The second-order valence-corrected chi connectivity index (χ2v) is 4.29. The smallest absolute Gasteiger partial charge is 0.196 e. The highest BCUT2D eigenvalue weighted by atomic mass is 19.1. The van der Waals surface area contributed by atoms with Gasteiger partial charge in [-0.25, -0.2) is 4.39 Å². The summed E-state index contributed by atoms with van der Waals surface area (Å²) in [5, 5.41) is 0. The summed E-state index contributed by atoms with van der Waals surface area (Å²) in [6, 6.07) is 7.82. The highest BCUT2D eigenvalue weighted by Crippen LogP contribution is 2.22. The van der Waals surface area contributed by atoms with Crippen LogP contribution in [0, 0.1) is 19.7 Å². The van der Waals surface area contributed by atoms with E-state index in [1.54, 1.807) is 32.0 Å². The van der Waals surface area contributed by atoms with Crippen LogP contribution in [0.5, 0.6) is 5.75 Å². The number of methoxy groups -OCH3 is 1. The van der Waals surface area contributed by atoms with Gasteiger partial charge < -0.3 is 4.74 Å². The van der Waals surface area contributed by atoms with Crippen molar-refractivity contribution in [2.45, 2.75) is 13.8 Å². The maximum Gasteiger partial charge on any atom is 0.196 e. The van der Waals surface area contributed by atoms with Crippen molar-refractivity contribution in [2.24, 2.45) is 0 Å². The van der Waals surface area contributed by atoms with Gasteiger partial charge in [0.1, 0.15) is 0 Å². The van der Waals surface area contributed by atoms with Crippen LogP contribution in [-0.2, 0) is 0 Å². The first-order valence-corrected chi connectivity index (χ1v) is 5.85. The van der Waals surface area contributed by atoms with Crippen LogP contribution in [0.1, 0.15) is 27.3 Å². The standard InChI is InChI=1S/C15H14FNO2/c1-9-7-11(8-10(2)17-9)15(18)12-5-4-6-13(19-3)14(12)16/h4-8H,1-3H3. The van der Waals surface area contributed by atoms with Crippen LogP contribution < -0.4 is 4.74 Å². The van der Waals surface area contributed by atoms with Gasteiger partial charge in [-0.15, -0.1) is 0 Å². The molecule has 4 heteroatoms. The first-order valence-electron chi connectivity index (χ1n) is 5.85. The Hall–Kier alpha value is -2.23. The molecule has 3 nitrogen and oxygen atoms in total. The zero-order chi connectivity index (χ0) is 14.0. The number of ketones is 1. The number of carbonyl (C=O) groups excluding carboxylic acids is 1. The van der Waals surface area contributed by atoms with E-state index in [2.05, 4.69) is 4.98 Å². The lowest BCUT2D eigenvalue weighted by Gasteiger charge is -2.07. The lowest BCUT2D eigenvalue weighted by Crippen LogP contribution is -2.07. The molecule has 19 heavy (non-hydrogen) atoms. The van der Waals surface area contributed by atoms with Crippen molar-refractivity contribution in [3.63, 3.8) is 0 Å². The summed E-state index contributed by atoms with van der Waals surface area (Å²) in [6.07, 6.45) is 0. The van der Waals surface area contributed by atoms with E-state index >= 15 is 0 Å². The Kier molecular flexibility index (Phi) is 3.60. The fourth-order valence-electron chi connectivity index (χ4n) is 1.96. The lowest BCUT2D eigenvalue weighted by atomic mass is 10.0. The molecule has 2 rings (SSSR count). The molecule has 0 aliphatic heterocycles. The monoisotopic (exact) mass is 259 g/mol. The Balaban J connectivity index is 2.50. The summed E-state index contributed by atoms with van der Waals surface area (Å²) in [6.45, 7) is 3.59. The molecular formula is C15H14FNO2. The second kappa shape index (κ2) is 5.18. The Morgan fingerprint density at radius 1 is 1.21 bits per heavy atom. The lowest BCUT2D eigenvalue weighted by molar-refractivity contribution is 0.103. The van der Waals surface area contributed by atoms with Gasteiger partial charge in [0.25, 0.3) is 0 Å². The van der Waals surface area contributed by atoms with E-state index in [9.17, 15) is 9.18 Å². The molecule has 0 amide bonds. The highest BCUT2D eigenvalue weighted by Gasteiger charge is 2.17. The van der Waals surface area contributed by atoms with Crippen molar-refractivity contribution >= 4 is 5.78 Å². The zero-order valence-corrected chi connectivity index (χ0v) is 11.0. The number of aromatic nitrogens is 1. The minimum atomic E-state index is -0.637. The van der Waals surface area contributed by atoms with Crippen LogP contribution in [0.4, 0.5) is 4.39 Å². The summed E-state index contributed by atoms with van der Waals surface area (Å²) in [5.41, 5.74) is 1.89. The normalized spacial score (nSPS) is 10.3. The summed E-state index contributed by atoms with van der Waals surface area (Å²) in [4.78, 5) is 16.5. The third kappa shape index (κ3) is 2.62. The van der Waals surface area contributed by atoms with E-state index in [0.717, 1.165) is 11.4 Å². The van der Waals surface area contributed by atoms with Crippen molar-refractivity contribution in [1.82, 2.24) is 4.98 Å². The molecule has 0 spiro atoms. The average Bonchev–Trinajstić information content (AvgIpc) is 2.37. The van der Waals surface area contributed by atoms with Gasteiger partial charge >= 0.3 is 0 Å². The third-order valence-electron chi connectivity index (χ3n) is 2.77. The predicted molar refractivity (Wildman–Crippen MR) is 70.1 cm³/mol. The van der Waals surface area contributed by atoms with E-state index in [4.69, 9.17) is 4.74 Å². The molecule has 0 bridgehead atoms. The molecule has 0 aliphatic rings. The number of hydrogen-bond acceptors (Lipinski definition) is 3. The van der Waals surface area contributed by atoms with E-state index in [0.29, 0.717) is 5.56 Å². The number of halogens is 1. The largest absolute Gasteiger partial charge is 0.494 e. The third-order valence-corrected chi connectivity index (χ3v) is 2.77. The molecule has 0 atom stereocenters. The molecule has 2 aromatic rings. The topological polar surface area (TPSA) is 39.2 Å². The van der Waals surface area contributed by atoms with Gasteiger partial charge in [-0.2, -0.15) is 0 Å². The number of nitrogens with zero attached hydrogens (tertiary/aromatic N) is 1. The van der Waals surface area contributed by atoms with Crippen LogP contribution >= 0.6 is 0 Å². The number of pyridine rings is 1. The number of carbonyl (C=O) groups is 1. The van der Waals surface area contributed by atoms with Crippen molar-refractivity contribution < 1.29 is 13.9 Å². The molecule has 0 unspecified atom stereocenters. The van der Waals surface area contributed by atoms with Gasteiger partial charge in [-0.3, -0.25) is 9.78 Å².